The van der Waals surface area contributed by atoms with Crippen LogP contribution in [-0.2, 0) is 13.6 Å². The van der Waals surface area contributed by atoms with Gasteiger partial charge in [0, 0.05) is 11.1 Å². The molecule has 0 aliphatic carbocycles. The number of aromatic nitrogens is 1. The number of fused-ring (bicyclic) bond motifs is 1. The summed E-state index contributed by atoms with van der Waals surface area (Å²) in [6.07, 6.45) is 0.567. The maximum Gasteiger partial charge on any atom is 0.354 e. The molecule has 0 radical (unpaired) electrons. The van der Waals surface area contributed by atoms with Crippen molar-refractivity contribution in [3.05, 3.63) is 33.9 Å². The summed E-state index contributed by atoms with van der Waals surface area (Å²) in [6.45, 7) is 4.22. The second-order valence-electron chi connectivity index (χ2n) is 5.46. The minimum Gasteiger partial charge on any atom is -0.493 e. The van der Waals surface area contributed by atoms with Gasteiger partial charge in [0.2, 0.25) is 0 Å². The first-order chi connectivity index (χ1) is 12.8. The third-order valence-electron chi connectivity index (χ3n) is 3.49. The maximum atomic E-state index is 12.4. The lowest BCUT2D eigenvalue weighted by Crippen LogP contribution is -2.07. The Labute approximate surface area is 167 Å². The zero-order chi connectivity index (χ0) is 20.0. The van der Waals surface area contributed by atoms with Crippen LogP contribution in [0.2, 0.25) is 10.0 Å². The molecule has 0 aliphatic rings. The Morgan fingerprint density at radius 2 is 1.85 bits per heavy atom. The molecule has 0 atom stereocenters. The SMILES string of the molecule is CCOP(=O)(CCCOc1cc(C(=O)O)nc2cc(Cl)cc(Cl)c12)OCC. The highest BCUT2D eigenvalue weighted by Crippen LogP contribution is 2.48. The van der Waals surface area contributed by atoms with Gasteiger partial charge < -0.3 is 18.9 Å². The van der Waals surface area contributed by atoms with Crippen molar-refractivity contribution < 1.29 is 28.3 Å². The van der Waals surface area contributed by atoms with Crippen LogP contribution in [0.3, 0.4) is 0 Å². The third-order valence-corrected chi connectivity index (χ3v) is 6.18. The molecule has 2 aromatic rings. The van der Waals surface area contributed by atoms with E-state index in [0.717, 1.165) is 0 Å². The second-order valence-corrected chi connectivity index (χ2v) is 8.49. The number of benzene rings is 1. The van der Waals surface area contributed by atoms with E-state index in [9.17, 15) is 14.5 Å². The maximum absolute atomic E-state index is 12.4. The number of rotatable bonds is 10. The Hall–Kier alpha value is -1.37. The van der Waals surface area contributed by atoms with Crippen LogP contribution in [0.25, 0.3) is 10.9 Å². The summed E-state index contributed by atoms with van der Waals surface area (Å²) >= 11 is 12.2. The van der Waals surface area contributed by atoms with E-state index in [1.807, 2.05) is 0 Å². The van der Waals surface area contributed by atoms with E-state index in [1.54, 1.807) is 13.8 Å². The van der Waals surface area contributed by atoms with Crippen molar-refractivity contribution in [1.82, 2.24) is 4.98 Å². The van der Waals surface area contributed by atoms with E-state index >= 15 is 0 Å². The number of aromatic carboxylic acids is 1. The van der Waals surface area contributed by atoms with Gasteiger partial charge in [-0.05, 0) is 32.4 Å². The van der Waals surface area contributed by atoms with Crippen LogP contribution in [0.15, 0.2) is 18.2 Å². The molecule has 1 aromatic heterocycles. The van der Waals surface area contributed by atoms with Crippen LogP contribution in [0, 0.1) is 0 Å². The number of pyridine rings is 1. The standard InChI is InChI=1S/C17H20Cl2NO6P/c1-3-25-27(23,26-4-2)7-5-6-24-15-10-14(17(21)22)20-13-9-11(18)8-12(19)16(13)15/h8-10H,3-7H2,1-2H3,(H,21,22). The number of hydrogen-bond donors (Lipinski definition) is 1. The average molecular weight is 436 g/mol. The molecule has 0 bridgehead atoms. The molecular weight excluding hydrogens is 416 g/mol. The molecular formula is C17H20Cl2NO6P. The van der Waals surface area contributed by atoms with Gasteiger partial charge >= 0.3 is 13.6 Å². The first kappa shape index (κ1) is 21.9. The number of carboxylic acids is 1. The Morgan fingerprint density at radius 3 is 2.44 bits per heavy atom. The summed E-state index contributed by atoms with van der Waals surface area (Å²) in [5.74, 6) is -0.934. The zero-order valence-electron chi connectivity index (χ0n) is 14.9. The van der Waals surface area contributed by atoms with E-state index in [4.69, 9.17) is 37.0 Å². The molecule has 2 rings (SSSR count). The number of carboxylic acid groups (broad SMARTS) is 1. The van der Waals surface area contributed by atoms with Gasteiger partial charge in [-0.2, -0.15) is 0 Å². The van der Waals surface area contributed by atoms with Crippen molar-refractivity contribution >= 4 is 47.7 Å². The largest absolute Gasteiger partial charge is 0.493 e. The van der Waals surface area contributed by atoms with Crippen molar-refractivity contribution in [2.75, 3.05) is 26.0 Å². The molecule has 1 heterocycles. The van der Waals surface area contributed by atoms with Crippen LogP contribution >= 0.6 is 30.8 Å². The summed E-state index contributed by atoms with van der Waals surface area (Å²) in [5, 5.41) is 10.3. The average Bonchev–Trinajstić information content (AvgIpc) is 2.58. The fourth-order valence-corrected chi connectivity index (χ4v) is 4.69. The molecule has 1 N–H and O–H groups in total. The second kappa shape index (κ2) is 9.71. The predicted molar refractivity (Wildman–Crippen MR) is 105 cm³/mol. The highest BCUT2D eigenvalue weighted by atomic mass is 35.5. The lowest BCUT2D eigenvalue weighted by Gasteiger charge is -2.17. The molecule has 0 fully saturated rings. The van der Waals surface area contributed by atoms with Crippen molar-refractivity contribution in [3.63, 3.8) is 0 Å². The first-order valence-corrected chi connectivity index (χ1v) is 10.8. The van der Waals surface area contributed by atoms with Gasteiger partial charge in [-0.3, -0.25) is 4.57 Å². The van der Waals surface area contributed by atoms with Crippen LogP contribution in [-0.4, -0.2) is 42.0 Å². The Bertz CT molecular complexity index is 866. The molecule has 0 amide bonds. The van der Waals surface area contributed by atoms with Gasteiger partial charge in [0.25, 0.3) is 0 Å². The third kappa shape index (κ3) is 5.80. The zero-order valence-corrected chi connectivity index (χ0v) is 17.3. The number of carbonyl (C=O) groups is 1. The molecule has 0 spiro atoms. The van der Waals surface area contributed by atoms with E-state index in [0.29, 0.717) is 27.4 Å². The minimum absolute atomic E-state index is 0.168. The minimum atomic E-state index is -3.16. The quantitative estimate of drug-likeness (QED) is 0.400. The Morgan fingerprint density at radius 1 is 1.19 bits per heavy atom. The summed E-state index contributed by atoms with van der Waals surface area (Å²) in [5.41, 5.74) is 0.127. The van der Waals surface area contributed by atoms with Crippen LogP contribution in [0.1, 0.15) is 30.8 Å². The van der Waals surface area contributed by atoms with Gasteiger partial charge in [-0.1, -0.05) is 23.2 Å². The van der Waals surface area contributed by atoms with E-state index in [2.05, 4.69) is 4.98 Å². The molecule has 1 aromatic carbocycles. The van der Waals surface area contributed by atoms with Crippen LogP contribution in [0.5, 0.6) is 5.75 Å². The van der Waals surface area contributed by atoms with Crippen molar-refractivity contribution in [3.8, 4) is 5.75 Å². The smallest absolute Gasteiger partial charge is 0.354 e. The van der Waals surface area contributed by atoms with Gasteiger partial charge in [-0.15, -0.1) is 0 Å². The van der Waals surface area contributed by atoms with Crippen molar-refractivity contribution in [2.45, 2.75) is 20.3 Å². The lowest BCUT2D eigenvalue weighted by atomic mass is 10.1. The van der Waals surface area contributed by atoms with E-state index in [1.165, 1.54) is 18.2 Å². The Balaban J connectivity index is 2.20. The number of ether oxygens (including phenoxy) is 1. The van der Waals surface area contributed by atoms with Crippen LogP contribution in [0.4, 0.5) is 0 Å². The van der Waals surface area contributed by atoms with Gasteiger partial charge in [0.15, 0.2) is 5.69 Å². The molecule has 0 saturated heterocycles. The highest BCUT2D eigenvalue weighted by Gasteiger charge is 2.23. The van der Waals surface area contributed by atoms with Gasteiger partial charge in [0.1, 0.15) is 5.75 Å². The van der Waals surface area contributed by atoms with E-state index in [-0.39, 0.29) is 37.4 Å². The predicted octanol–water partition coefficient (Wildman–Crippen LogP) is 5.27. The Kier molecular flexibility index (Phi) is 7.89. The van der Waals surface area contributed by atoms with Crippen molar-refractivity contribution in [2.24, 2.45) is 0 Å². The van der Waals surface area contributed by atoms with Crippen LogP contribution < -0.4 is 4.74 Å². The normalized spacial score (nSPS) is 11.7. The molecule has 0 saturated carbocycles. The molecule has 27 heavy (non-hydrogen) atoms. The highest BCUT2D eigenvalue weighted by molar-refractivity contribution is 7.53. The number of halogens is 2. The fraction of sp³-hybridized carbons (Fsp3) is 0.412. The summed E-state index contributed by atoms with van der Waals surface area (Å²) in [6, 6.07) is 4.34. The molecule has 10 heteroatoms. The molecule has 0 aliphatic heterocycles. The number of hydrogen-bond acceptors (Lipinski definition) is 6. The lowest BCUT2D eigenvalue weighted by molar-refractivity contribution is 0.0690. The van der Waals surface area contributed by atoms with Gasteiger partial charge in [0.05, 0.1) is 41.9 Å². The monoisotopic (exact) mass is 435 g/mol. The number of nitrogens with zero attached hydrogens (tertiary/aromatic N) is 1. The summed E-state index contributed by atoms with van der Waals surface area (Å²) in [4.78, 5) is 15.4. The molecule has 148 valence electrons. The van der Waals surface area contributed by atoms with Crippen molar-refractivity contribution in [1.29, 1.82) is 0 Å². The molecule has 7 nitrogen and oxygen atoms in total. The summed E-state index contributed by atoms with van der Waals surface area (Å²) in [7, 11) is -3.16. The van der Waals surface area contributed by atoms with Gasteiger partial charge in [-0.25, -0.2) is 9.78 Å². The first-order valence-electron chi connectivity index (χ1n) is 8.33. The summed E-state index contributed by atoms with van der Waals surface area (Å²) < 4.78 is 28.6. The molecule has 0 unspecified atom stereocenters. The fourth-order valence-electron chi connectivity index (χ4n) is 2.47. The van der Waals surface area contributed by atoms with E-state index < -0.39 is 13.6 Å². The topological polar surface area (TPSA) is 95.0 Å².